The Morgan fingerprint density at radius 1 is 1.04 bits per heavy atom. The smallest absolute Gasteiger partial charge is 0.276 e. The van der Waals surface area contributed by atoms with Crippen molar-refractivity contribution >= 4 is 33.3 Å². The van der Waals surface area contributed by atoms with Crippen LogP contribution in [0, 0.1) is 6.92 Å². The fraction of sp³-hybridized carbons (Fsp3) is 0.105. The molecule has 25 heavy (non-hydrogen) atoms. The minimum Gasteiger partial charge on any atom is -0.365 e. The van der Waals surface area contributed by atoms with E-state index >= 15 is 0 Å². The Morgan fingerprint density at radius 3 is 2.60 bits per heavy atom. The van der Waals surface area contributed by atoms with Gasteiger partial charge in [0.2, 0.25) is 0 Å². The van der Waals surface area contributed by atoms with E-state index in [0.29, 0.717) is 18.1 Å². The van der Waals surface area contributed by atoms with E-state index in [1.165, 1.54) is 5.56 Å². The molecule has 0 aliphatic heterocycles. The van der Waals surface area contributed by atoms with Gasteiger partial charge in [-0.1, -0.05) is 42.0 Å². The molecule has 0 fully saturated rings. The van der Waals surface area contributed by atoms with Crippen molar-refractivity contribution in [1.82, 2.24) is 10.2 Å². The summed E-state index contributed by atoms with van der Waals surface area (Å²) in [5.74, 6) is 0.323. The number of anilines is 2. The van der Waals surface area contributed by atoms with Crippen molar-refractivity contribution in [3.05, 3.63) is 82.0 Å². The Balaban J connectivity index is 1.61. The van der Waals surface area contributed by atoms with Crippen LogP contribution in [0.15, 0.2) is 65.1 Å². The molecule has 0 radical (unpaired) electrons. The molecule has 0 saturated carbocycles. The SMILES string of the molecule is Cc1cccc(CNc2ccc(C(=O)Nc3ccccc3Br)nn2)c1. The molecule has 0 unspecified atom stereocenters. The van der Waals surface area contributed by atoms with Crippen LogP contribution >= 0.6 is 15.9 Å². The fourth-order valence-electron chi connectivity index (χ4n) is 2.31. The fourth-order valence-corrected chi connectivity index (χ4v) is 2.70. The monoisotopic (exact) mass is 396 g/mol. The summed E-state index contributed by atoms with van der Waals surface area (Å²) in [6, 6.07) is 19.0. The summed E-state index contributed by atoms with van der Waals surface area (Å²) in [5, 5.41) is 14.1. The Hall–Kier alpha value is -2.73. The van der Waals surface area contributed by atoms with Gasteiger partial charge >= 0.3 is 0 Å². The molecule has 0 saturated heterocycles. The molecule has 0 spiro atoms. The van der Waals surface area contributed by atoms with E-state index in [0.717, 1.165) is 10.0 Å². The van der Waals surface area contributed by atoms with Gasteiger partial charge in [0.25, 0.3) is 5.91 Å². The number of carbonyl (C=O) groups excluding carboxylic acids is 1. The number of nitrogens with one attached hydrogen (secondary N) is 2. The summed E-state index contributed by atoms with van der Waals surface area (Å²) >= 11 is 3.40. The second-order valence-corrected chi connectivity index (χ2v) is 6.43. The standard InChI is InChI=1S/C19H17BrN4O/c1-13-5-4-6-14(11-13)12-21-18-10-9-17(23-24-18)19(25)22-16-8-3-2-7-15(16)20/h2-11H,12H2,1H3,(H,21,24)(H,22,25). The molecule has 3 rings (SSSR count). The second kappa shape index (κ2) is 7.90. The van der Waals surface area contributed by atoms with Crippen LogP contribution in [0.4, 0.5) is 11.5 Å². The van der Waals surface area contributed by atoms with Gasteiger partial charge in [-0.15, -0.1) is 10.2 Å². The number of rotatable bonds is 5. The normalized spacial score (nSPS) is 10.3. The molecule has 2 aromatic carbocycles. The molecule has 0 aliphatic rings. The third-order valence-electron chi connectivity index (χ3n) is 3.58. The van der Waals surface area contributed by atoms with Gasteiger partial charge < -0.3 is 10.6 Å². The van der Waals surface area contributed by atoms with Gasteiger partial charge in [-0.3, -0.25) is 4.79 Å². The van der Waals surface area contributed by atoms with Crippen LogP contribution < -0.4 is 10.6 Å². The number of nitrogens with zero attached hydrogens (tertiary/aromatic N) is 2. The molecule has 126 valence electrons. The van der Waals surface area contributed by atoms with Crippen LogP contribution in [-0.4, -0.2) is 16.1 Å². The first-order valence-corrected chi connectivity index (χ1v) is 8.60. The van der Waals surface area contributed by atoms with Crippen LogP contribution in [0.2, 0.25) is 0 Å². The molecule has 6 heteroatoms. The lowest BCUT2D eigenvalue weighted by molar-refractivity contribution is 0.102. The first kappa shape index (κ1) is 17.1. The van der Waals surface area contributed by atoms with Crippen LogP contribution in [0.25, 0.3) is 0 Å². The summed E-state index contributed by atoms with van der Waals surface area (Å²) in [5.41, 5.74) is 3.33. The van der Waals surface area contributed by atoms with Crippen LogP contribution in [0.1, 0.15) is 21.6 Å². The number of aryl methyl sites for hydroxylation is 1. The van der Waals surface area contributed by atoms with E-state index in [9.17, 15) is 4.79 Å². The number of amides is 1. The summed E-state index contributed by atoms with van der Waals surface area (Å²) < 4.78 is 0.813. The van der Waals surface area contributed by atoms with Gasteiger partial charge in [0.1, 0.15) is 5.82 Å². The largest absolute Gasteiger partial charge is 0.365 e. The van der Waals surface area contributed by atoms with Gasteiger partial charge in [0.05, 0.1) is 5.69 Å². The quantitative estimate of drug-likeness (QED) is 0.669. The summed E-state index contributed by atoms with van der Waals surface area (Å²) in [6.45, 7) is 2.71. The lowest BCUT2D eigenvalue weighted by Gasteiger charge is -2.08. The van der Waals surface area contributed by atoms with E-state index < -0.39 is 0 Å². The van der Waals surface area contributed by atoms with Crippen molar-refractivity contribution in [3.63, 3.8) is 0 Å². The number of aromatic nitrogens is 2. The third kappa shape index (κ3) is 4.64. The molecule has 3 aromatic rings. The highest BCUT2D eigenvalue weighted by Gasteiger charge is 2.10. The van der Waals surface area contributed by atoms with Gasteiger partial charge in [-0.2, -0.15) is 0 Å². The summed E-state index contributed by atoms with van der Waals surface area (Å²) in [4.78, 5) is 12.2. The number of carbonyl (C=O) groups is 1. The minimum atomic E-state index is -0.301. The van der Waals surface area contributed by atoms with Gasteiger partial charge in [0, 0.05) is 11.0 Å². The zero-order valence-electron chi connectivity index (χ0n) is 13.7. The predicted octanol–water partition coefficient (Wildman–Crippen LogP) is 4.41. The van der Waals surface area contributed by atoms with Crippen LogP contribution in [-0.2, 0) is 6.54 Å². The van der Waals surface area contributed by atoms with E-state index in [2.05, 4.69) is 55.8 Å². The Labute approximate surface area is 154 Å². The average molecular weight is 397 g/mol. The van der Waals surface area contributed by atoms with Crippen molar-refractivity contribution in [1.29, 1.82) is 0 Å². The number of para-hydroxylation sites is 1. The molecule has 0 aliphatic carbocycles. The Morgan fingerprint density at radius 2 is 1.88 bits per heavy atom. The van der Waals surface area contributed by atoms with Crippen LogP contribution in [0.5, 0.6) is 0 Å². The molecule has 1 heterocycles. The average Bonchev–Trinajstić information content (AvgIpc) is 2.62. The van der Waals surface area contributed by atoms with Gasteiger partial charge in [-0.25, -0.2) is 0 Å². The highest BCUT2D eigenvalue weighted by atomic mass is 79.9. The Kier molecular flexibility index (Phi) is 5.40. The van der Waals surface area contributed by atoms with Crippen molar-refractivity contribution in [2.75, 3.05) is 10.6 Å². The lowest BCUT2D eigenvalue weighted by atomic mass is 10.1. The van der Waals surface area contributed by atoms with Crippen molar-refractivity contribution in [3.8, 4) is 0 Å². The van der Waals surface area contributed by atoms with E-state index in [1.807, 2.05) is 36.4 Å². The van der Waals surface area contributed by atoms with E-state index in [-0.39, 0.29) is 11.6 Å². The molecule has 0 bridgehead atoms. The van der Waals surface area contributed by atoms with Gasteiger partial charge in [-0.05, 0) is 52.7 Å². The van der Waals surface area contributed by atoms with Crippen molar-refractivity contribution in [2.24, 2.45) is 0 Å². The molecular formula is C19H17BrN4O. The number of benzene rings is 2. The second-order valence-electron chi connectivity index (χ2n) is 5.58. The molecule has 1 aromatic heterocycles. The van der Waals surface area contributed by atoms with Crippen molar-refractivity contribution < 1.29 is 4.79 Å². The lowest BCUT2D eigenvalue weighted by Crippen LogP contribution is -2.15. The third-order valence-corrected chi connectivity index (χ3v) is 4.27. The molecule has 1 amide bonds. The molecular weight excluding hydrogens is 380 g/mol. The van der Waals surface area contributed by atoms with E-state index in [1.54, 1.807) is 12.1 Å². The summed E-state index contributed by atoms with van der Waals surface area (Å²) in [6.07, 6.45) is 0. The van der Waals surface area contributed by atoms with Crippen molar-refractivity contribution in [2.45, 2.75) is 13.5 Å². The number of hydrogen-bond acceptors (Lipinski definition) is 4. The molecule has 0 atom stereocenters. The highest BCUT2D eigenvalue weighted by Crippen LogP contribution is 2.21. The maximum Gasteiger partial charge on any atom is 0.276 e. The highest BCUT2D eigenvalue weighted by molar-refractivity contribution is 9.10. The zero-order chi connectivity index (χ0) is 17.6. The molecule has 5 nitrogen and oxygen atoms in total. The maximum absolute atomic E-state index is 12.2. The number of halogens is 1. The van der Waals surface area contributed by atoms with E-state index in [4.69, 9.17) is 0 Å². The predicted molar refractivity (Wildman–Crippen MR) is 103 cm³/mol. The first-order chi connectivity index (χ1) is 12.1. The first-order valence-electron chi connectivity index (χ1n) is 7.81. The Bertz CT molecular complexity index is 881. The maximum atomic E-state index is 12.2. The number of hydrogen-bond donors (Lipinski definition) is 2. The molecule has 2 N–H and O–H groups in total. The topological polar surface area (TPSA) is 66.9 Å². The minimum absolute atomic E-state index is 0.261. The zero-order valence-corrected chi connectivity index (χ0v) is 15.2. The van der Waals surface area contributed by atoms with Gasteiger partial charge in [0.15, 0.2) is 5.69 Å². The summed E-state index contributed by atoms with van der Waals surface area (Å²) in [7, 11) is 0. The van der Waals surface area contributed by atoms with Crippen LogP contribution in [0.3, 0.4) is 0 Å².